The first kappa shape index (κ1) is 32.3. The van der Waals surface area contributed by atoms with E-state index in [1.54, 1.807) is 24.3 Å². The molecule has 0 aliphatic carbocycles. The summed E-state index contributed by atoms with van der Waals surface area (Å²) in [6.45, 7) is 3.51. The van der Waals surface area contributed by atoms with Crippen LogP contribution in [-0.4, -0.2) is 75.8 Å². The molecule has 42 heavy (non-hydrogen) atoms. The van der Waals surface area contributed by atoms with Crippen LogP contribution >= 0.6 is 0 Å². The van der Waals surface area contributed by atoms with Gasteiger partial charge in [-0.3, -0.25) is 19.2 Å². The van der Waals surface area contributed by atoms with Gasteiger partial charge in [-0.25, -0.2) is 0 Å². The fraction of sp³-hybridized carbons (Fsp3) is 0.448. The van der Waals surface area contributed by atoms with Crippen LogP contribution in [0.4, 0.5) is 0 Å². The Kier molecular flexibility index (Phi) is 10.9. The second kappa shape index (κ2) is 14.1. The van der Waals surface area contributed by atoms with Gasteiger partial charge in [-0.15, -0.1) is 0 Å². The minimum atomic E-state index is -1.34. The van der Waals surface area contributed by atoms with Gasteiger partial charge >= 0.3 is 0 Å². The summed E-state index contributed by atoms with van der Waals surface area (Å²) in [6.07, 6.45) is -1.47. The van der Waals surface area contributed by atoms with Crippen LogP contribution in [0.3, 0.4) is 0 Å². The van der Waals surface area contributed by atoms with Crippen molar-refractivity contribution in [1.82, 2.24) is 16.0 Å². The van der Waals surface area contributed by atoms with Crippen LogP contribution < -0.4 is 33.2 Å². The molecule has 4 bridgehead atoms. The number of nitrogens with two attached hydrogens (primary N) is 3. The monoisotopic (exact) mass is 584 g/mol. The molecule has 2 aromatic carbocycles. The van der Waals surface area contributed by atoms with Crippen molar-refractivity contribution in [2.24, 2.45) is 23.1 Å². The molecule has 12 N–H and O–H groups in total. The zero-order valence-corrected chi connectivity index (χ0v) is 23.7. The van der Waals surface area contributed by atoms with Crippen LogP contribution in [0.15, 0.2) is 36.4 Å². The van der Waals surface area contributed by atoms with Crippen molar-refractivity contribution in [3.63, 3.8) is 0 Å². The fourth-order valence-electron chi connectivity index (χ4n) is 4.76. The zero-order valence-electron chi connectivity index (χ0n) is 23.7. The Morgan fingerprint density at radius 3 is 2.07 bits per heavy atom. The third-order valence-corrected chi connectivity index (χ3v) is 7.11. The van der Waals surface area contributed by atoms with E-state index in [1.807, 2.05) is 13.8 Å². The molecule has 1 aliphatic heterocycles. The van der Waals surface area contributed by atoms with Crippen LogP contribution in [0.25, 0.3) is 11.1 Å². The molecule has 0 saturated carbocycles. The van der Waals surface area contributed by atoms with Crippen LogP contribution in [0.1, 0.15) is 37.8 Å². The second-order valence-corrected chi connectivity index (χ2v) is 11.0. The first-order valence-corrected chi connectivity index (χ1v) is 13.8. The van der Waals surface area contributed by atoms with Crippen LogP contribution in [0, 0.1) is 5.92 Å². The first-order chi connectivity index (χ1) is 19.8. The van der Waals surface area contributed by atoms with Gasteiger partial charge in [-0.1, -0.05) is 26.0 Å². The Morgan fingerprint density at radius 2 is 1.55 bits per heavy atom. The quantitative estimate of drug-likeness (QED) is 0.182. The van der Waals surface area contributed by atoms with Gasteiger partial charge in [0.05, 0.1) is 12.1 Å². The lowest BCUT2D eigenvalue weighted by molar-refractivity contribution is -0.134. The number of aliphatic hydroxyl groups is 1. The average molecular weight is 585 g/mol. The number of aliphatic hydroxyl groups excluding tert-OH is 1. The molecule has 0 fully saturated rings. The third-order valence-electron chi connectivity index (χ3n) is 7.11. The topological polar surface area (TPSA) is 243 Å². The molecule has 228 valence electrons. The van der Waals surface area contributed by atoms with Crippen LogP contribution in [0.5, 0.6) is 11.5 Å². The minimum absolute atomic E-state index is 0.0165. The van der Waals surface area contributed by atoms with Gasteiger partial charge in [0, 0.05) is 25.8 Å². The number of benzene rings is 2. The number of fused-ring (bicyclic) bond motifs is 5. The van der Waals surface area contributed by atoms with Crippen molar-refractivity contribution in [2.75, 3.05) is 6.54 Å². The number of phenolic OH excluding ortho intramolecular Hbond substituents is 2. The Morgan fingerprint density at radius 1 is 0.976 bits per heavy atom. The van der Waals surface area contributed by atoms with Gasteiger partial charge in [0.2, 0.25) is 23.6 Å². The van der Waals surface area contributed by atoms with E-state index in [0.717, 1.165) is 0 Å². The van der Waals surface area contributed by atoms with Crippen LogP contribution in [0.2, 0.25) is 0 Å². The van der Waals surface area contributed by atoms with E-state index in [1.165, 1.54) is 12.1 Å². The number of rotatable bonds is 8. The van der Waals surface area contributed by atoms with Crippen molar-refractivity contribution in [3.05, 3.63) is 47.5 Å². The number of aromatic hydroxyl groups is 2. The highest BCUT2D eigenvalue weighted by Crippen LogP contribution is 2.31. The summed E-state index contributed by atoms with van der Waals surface area (Å²) >= 11 is 0. The molecule has 2 aromatic rings. The molecule has 13 nitrogen and oxygen atoms in total. The largest absolute Gasteiger partial charge is 0.508 e. The maximum atomic E-state index is 13.5. The lowest BCUT2D eigenvalue weighted by Gasteiger charge is -2.27. The van der Waals surface area contributed by atoms with Crippen LogP contribution in [-0.2, 0) is 32.0 Å². The van der Waals surface area contributed by atoms with Gasteiger partial charge < -0.3 is 48.5 Å². The Hall–Kier alpha value is -4.20. The summed E-state index contributed by atoms with van der Waals surface area (Å²) < 4.78 is 0. The number of phenols is 2. The number of primary amides is 1. The van der Waals surface area contributed by atoms with Gasteiger partial charge in [-0.05, 0) is 58.9 Å². The predicted octanol–water partition coefficient (Wildman–Crippen LogP) is -1.11. The lowest BCUT2D eigenvalue weighted by Crippen LogP contribution is -2.59. The number of hydrogen-bond acceptors (Lipinski definition) is 9. The molecule has 1 heterocycles. The predicted molar refractivity (Wildman–Crippen MR) is 155 cm³/mol. The van der Waals surface area contributed by atoms with E-state index in [4.69, 9.17) is 17.2 Å². The molecular formula is C29H40N6O7. The number of hydrogen-bond donors (Lipinski definition) is 9. The minimum Gasteiger partial charge on any atom is -0.508 e. The molecule has 0 saturated heterocycles. The maximum absolute atomic E-state index is 13.5. The average Bonchev–Trinajstić information content (AvgIpc) is 2.93. The normalized spacial score (nSPS) is 20.9. The standard InChI is InChI=1S/C29H40N6O7/c1-14(2)7-21(26(32)39)33-28(41)22-11-18-9-16(4-6-25(18)38)15-3-5-24(37)17(8-15)10-20(31)27(40)34-23(29(42)35-22)12-19(36)13-30/h3-6,8-9,14,19-23,36-38H,7,10-13,30-31H2,1-2H3,(H2,32,39)(H,33,41)(H,34,40)(H,35,42)/t19-,20?,21+,22+,23+/m1/s1. The molecule has 0 aromatic heterocycles. The molecule has 1 unspecified atom stereocenters. The van der Waals surface area contributed by atoms with E-state index in [-0.39, 0.29) is 49.6 Å². The smallest absolute Gasteiger partial charge is 0.243 e. The Labute approximate surface area is 243 Å². The number of carbonyl (C=O) groups is 4. The lowest BCUT2D eigenvalue weighted by atomic mass is 9.95. The summed E-state index contributed by atoms with van der Waals surface area (Å²) in [5, 5.41) is 39.0. The molecule has 13 heteroatoms. The van der Waals surface area contributed by atoms with Crippen molar-refractivity contribution < 1.29 is 34.5 Å². The van der Waals surface area contributed by atoms with Crippen molar-refractivity contribution in [3.8, 4) is 22.6 Å². The van der Waals surface area contributed by atoms with E-state index in [9.17, 15) is 34.5 Å². The first-order valence-electron chi connectivity index (χ1n) is 13.8. The molecule has 4 amide bonds. The van der Waals surface area contributed by atoms with Crippen molar-refractivity contribution in [2.45, 2.75) is 69.8 Å². The van der Waals surface area contributed by atoms with E-state index >= 15 is 0 Å². The SMILES string of the molecule is CC(C)C[C@H](NC(=O)[C@@H]1Cc2cc(ccc2O)-c2ccc(O)c(c2)CC(N)C(=O)N[C@@H](C[C@@H](O)CN)C(=O)N1)C(N)=O. The highest BCUT2D eigenvalue weighted by atomic mass is 16.3. The summed E-state index contributed by atoms with van der Waals surface area (Å²) in [5.74, 6) is -3.26. The number of amides is 4. The van der Waals surface area contributed by atoms with Gasteiger partial charge in [0.1, 0.15) is 29.6 Å². The fourth-order valence-corrected chi connectivity index (χ4v) is 4.76. The summed E-state index contributed by atoms with van der Waals surface area (Å²) in [4.78, 5) is 52.1. The number of nitrogens with one attached hydrogen (secondary N) is 3. The summed E-state index contributed by atoms with van der Waals surface area (Å²) in [7, 11) is 0. The molecular weight excluding hydrogens is 544 g/mol. The molecule has 5 atom stereocenters. The van der Waals surface area contributed by atoms with Gasteiger partial charge in [0.15, 0.2) is 0 Å². The summed E-state index contributed by atoms with van der Waals surface area (Å²) in [5.41, 5.74) is 19.1. The molecule has 1 aliphatic rings. The summed E-state index contributed by atoms with van der Waals surface area (Å²) in [6, 6.07) is 4.62. The maximum Gasteiger partial charge on any atom is 0.243 e. The van der Waals surface area contributed by atoms with E-state index < -0.39 is 53.9 Å². The van der Waals surface area contributed by atoms with E-state index in [0.29, 0.717) is 22.3 Å². The zero-order chi connectivity index (χ0) is 31.1. The molecule has 3 rings (SSSR count). The second-order valence-electron chi connectivity index (χ2n) is 11.0. The highest BCUT2D eigenvalue weighted by molar-refractivity contribution is 5.95. The molecule has 0 spiro atoms. The Bertz CT molecular complexity index is 1320. The van der Waals surface area contributed by atoms with Crippen molar-refractivity contribution >= 4 is 23.6 Å². The third kappa shape index (κ3) is 8.41. The van der Waals surface area contributed by atoms with Gasteiger partial charge in [-0.2, -0.15) is 0 Å². The number of carbonyl (C=O) groups excluding carboxylic acids is 4. The Balaban J connectivity index is 2.10. The van der Waals surface area contributed by atoms with Crippen molar-refractivity contribution in [1.29, 1.82) is 0 Å². The van der Waals surface area contributed by atoms with E-state index in [2.05, 4.69) is 16.0 Å². The molecule has 0 radical (unpaired) electrons. The van der Waals surface area contributed by atoms with Gasteiger partial charge in [0.25, 0.3) is 0 Å². The highest BCUT2D eigenvalue weighted by Gasteiger charge is 2.32.